The minimum absolute atomic E-state index is 0. The van der Waals surface area contributed by atoms with Crippen LogP contribution in [-0.2, 0) is 11.3 Å². The first kappa shape index (κ1) is 15.9. The van der Waals surface area contributed by atoms with Crippen LogP contribution in [0, 0.1) is 5.92 Å². The Bertz CT molecular complexity index is 343. The van der Waals surface area contributed by atoms with Gasteiger partial charge < -0.3 is 11.1 Å². The lowest BCUT2D eigenvalue weighted by Gasteiger charge is -2.14. The lowest BCUT2D eigenvalue weighted by atomic mass is 10.1. The summed E-state index contributed by atoms with van der Waals surface area (Å²) in [6, 6.07) is 3.53. The molecular weight excluding hydrogens is 312 g/mol. The fourth-order valence-corrected chi connectivity index (χ4v) is 2.46. The molecule has 3 nitrogen and oxygen atoms in total. The summed E-state index contributed by atoms with van der Waals surface area (Å²) < 4.78 is 1.07. The molecule has 0 radical (unpaired) electrons. The van der Waals surface area contributed by atoms with Gasteiger partial charge in [0.2, 0.25) is 5.91 Å². The molecule has 0 spiro atoms. The Hall–Kier alpha value is -0.100. The molecule has 1 aromatic heterocycles. The van der Waals surface area contributed by atoms with E-state index >= 15 is 0 Å². The first-order valence-electron chi connectivity index (χ1n) is 4.78. The average molecular weight is 328 g/mol. The molecule has 0 saturated carbocycles. The van der Waals surface area contributed by atoms with E-state index in [1.54, 1.807) is 11.3 Å². The molecule has 0 aromatic carbocycles. The van der Waals surface area contributed by atoms with E-state index in [0.29, 0.717) is 6.54 Å². The number of halogens is 2. The van der Waals surface area contributed by atoms with Crippen LogP contribution >= 0.6 is 39.7 Å². The lowest BCUT2D eigenvalue weighted by Crippen LogP contribution is -2.43. The van der Waals surface area contributed by atoms with E-state index in [4.69, 9.17) is 5.73 Å². The fraction of sp³-hybridized carbons (Fsp3) is 0.500. The third-order valence-corrected chi connectivity index (χ3v) is 3.71. The average Bonchev–Trinajstić information content (AvgIpc) is 2.59. The first-order chi connectivity index (χ1) is 7.00. The molecule has 0 unspecified atom stereocenters. The SMILES string of the molecule is CC(C)[C@H](N)C(=O)NCc1ccc(Br)s1.Cl. The molecule has 3 N–H and O–H groups in total. The van der Waals surface area contributed by atoms with Crippen LogP contribution in [0.1, 0.15) is 18.7 Å². The van der Waals surface area contributed by atoms with E-state index in [2.05, 4.69) is 21.2 Å². The highest BCUT2D eigenvalue weighted by Crippen LogP contribution is 2.21. The molecule has 1 atom stereocenters. The second kappa shape index (κ2) is 7.27. The van der Waals surface area contributed by atoms with Gasteiger partial charge in [0.1, 0.15) is 0 Å². The van der Waals surface area contributed by atoms with Crippen molar-refractivity contribution in [3.05, 3.63) is 20.8 Å². The van der Waals surface area contributed by atoms with E-state index in [-0.39, 0.29) is 24.2 Å². The highest BCUT2D eigenvalue weighted by molar-refractivity contribution is 9.11. The van der Waals surface area contributed by atoms with E-state index in [1.165, 1.54) is 0 Å². The molecule has 0 saturated heterocycles. The van der Waals surface area contributed by atoms with Crippen LogP contribution in [0.3, 0.4) is 0 Å². The summed E-state index contributed by atoms with van der Waals surface area (Å²) in [5, 5.41) is 2.82. The maximum atomic E-state index is 11.5. The van der Waals surface area contributed by atoms with E-state index in [1.807, 2.05) is 26.0 Å². The van der Waals surface area contributed by atoms with Gasteiger partial charge in [-0.1, -0.05) is 13.8 Å². The summed E-state index contributed by atoms with van der Waals surface area (Å²) in [5.41, 5.74) is 5.71. The molecule has 1 rings (SSSR count). The van der Waals surface area contributed by atoms with E-state index in [9.17, 15) is 4.79 Å². The first-order valence-corrected chi connectivity index (χ1v) is 6.39. The van der Waals surface area contributed by atoms with E-state index in [0.717, 1.165) is 8.66 Å². The standard InChI is InChI=1S/C10H15BrN2OS.ClH/c1-6(2)9(12)10(14)13-5-7-3-4-8(11)15-7;/h3-4,6,9H,5,12H2,1-2H3,(H,13,14);1H/t9-;/m0./s1. The number of rotatable bonds is 4. The Labute approximate surface area is 114 Å². The van der Waals surface area contributed by atoms with E-state index < -0.39 is 6.04 Å². The second-order valence-electron chi connectivity index (χ2n) is 3.69. The van der Waals surface area contributed by atoms with Crippen LogP contribution in [0.25, 0.3) is 0 Å². The molecule has 16 heavy (non-hydrogen) atoms. The number of amides is 1. The Morgan fingerprint density at radius 3 is 2.62 bits per heavy atom. The molecule has 0 bridgehead atoms. The monoisotopic (exact) mass is 326 g/mol. The fourth-order valence-electron chi connectivity index (χ4n) is 1.04. The minimum Gasteiger partial charge on any atom is -0.350 e. The molecule has 0 fully saturated rings. The van der Waals surface area contributed by atoms with Crippen molar-refractivity contribution in [2.24, 2.45) is 11.7 Å². The van der Waals surface area contributed by atoms with Crippen molar-refractivity contribution < 1.29 is 4.79 Å². The van der Waals surface area contributed by atoms with Crippen LogP contribution in [0.15, 0.2) is 15.9 Å². The number of hydrogen-bond donors (Lipinski definition) is 2. The number of hydrogen-bond acceptors (Lipinski definition) is 3. The predicted molar refractivity (Wildman–Crippen MR) is 73.9 cm³/mol. The zero-order valence-electron chi connectivity index (χ0n) is 9.20. The van der Waals surface area contributed by atoms with Gasteiger partial charge in [-0.25, -0.2) is 0 Å². The van der Waals surface area contributed by atoms with Gasteiger partial charge in [0, 0.05) is 4.88 Å². The third kappa shape index (κ3) is 4.82. The molecule has 0 aliphatic carbocycles. The molecule has 1 amide bonds. The summed E-state index contributed by atoms with van der Waals surface area (Å²) >= 11 is 4.98. The highest BCUT2D eigenvalue weighted by Gasteiger charge is 2.16. The van der Waals surface area contributed by atoms with Crippen molar-refractivity contribution in [3.63, 3.8) is 0 Å². The van der Waals surface area contributed by atoms with Crippen molar-refractivity contribution in [2.75, 3.05) is 0 Å². The molecule has 6 heteroatoms. The Balaban J connectivity index is 0.00000225. The second-order valence-corrected chi connectivity index (χ2v) is 6.24. The van der Waals surface area contributed by atoms with Gasteiger partial charge in [0.05, 0.1) is 16.4 Å². The summed E-state index contributed by atoms with van der Waals surface area (Å²) in [5.74, 6) is 0.0783. The van der Waals surface area contributed by atoms with Gasteiger partial charge in [-0.15, -0.1) is 23.7 Å². The van der Waals surface area contributed by atoms with Crippen molar-refractivity contribution in [3.8, 4) is 0 Å². The molecular formula is C10H16BrClN2OS. The largest absolute Gasteiger partial charge is 0.350 e. The Kier molecular flexibility index (Phi) is 7.22. The van der Waals surface area contributed by atoms with Gasteiger partial charge in [0.25, 0.3) is 0 Å². The quantitative estimate of drug-likeness (QED) is 0.893. The van der Waals surface area contributed by atoms with Crippen LogP contribution in [0.2, 0.25) is 0 Å². The van der Waals surface area contributed by atoms with Crippen molar-refractivity contribution >= 4 is 45.6 Å². The predicted octanol–water partition coefficient (Wildman–Crippen LogP) is 2.53. The summed E-state index contributed by atoms with van der Waals surface area (Å²) in [6.45, 7) is 4.42. The lowest BCUT2D eigenvalue weighted by molar-refractivity contribution is -0.123. The molecule has 1 heterocycles. The van der Waals surface area contributed by atoms with Crippen molar-refractivity contribution in [1.29, 1.82) is 0 Å². The normalized spacial score (nSPS) is 12.1. The zero-order valence-corrected chi connectivity index (χ0v) is 12.4. The minimum atomic E-state index is -0.423. The molecule has 92 valence electrons. The zero-order chi connectivity index (χ0) is 11.4. The topological polar surface area (TPSA) is 55.1 Å². The van der Waals surface area contributed by atoms with Gasteiger partial charge in [-0.2, -0.15) is 0 Å². The number of thiophene rings is 1. The summed E-state index contributed by atoms with van der Waals surface area (Å²) in [6.07, 6.45) is 0. The molecule has 0 aliphatic heterocycles. The number of nitrogens with one attached hydrogen (secondary N) is 1. The molecule has 1 aromatic rings. The molecule has 0 aliphatic rings. The maximum Gasteiger partial charge on any atom is 0.237 e. The van der Waals surface area contributed by atoms with Crippen molar-refractivity contribution in [2.45, 2.75) is 26.4 Å². The van der Waals surface area contributed by atoms with Crippen LogP contribution in [0.4, 0.5) is 0 Å². The summed E-state index contributed by atoms with van der Waals surface area (Å²) in [4.78, 5) is 12.6. The van der Waals surface area contributed by atoms with Gasteiger partial charge in [-0.05, 0) is 34.0 Å². The Morgan fingerprint density at radius 2 is 2.19 bits per heavy atom. The summed E-state index contributed by atoms with van der Waals surface area (Å²) in [7, 11) is 0. The van der Waals surface area contributed by atoms with Crippen molar-refractivity contribution in [1.82, 2.24) is 5.32 Å². The van der Waals surface area contributed by atoms with Gasteiger partial charge in [-0.3, -0.25) is 4.79 Å². The van der Waals surface area contributed by atoms with Crippen LogP contribution in [0.5, 0.6) is 0 Å². The number of nitrogens with two attached hydrogens (primary N) is 1. The van der Waals surface area contributed by atoms with Gasteiger partial charge in [0.15, 0.2) is 0 Å². The Morgan fingerprint density at radius 1 is 1.56 bits per heavy atom. The van der Waals surface area contributed by atoms with Gasteiger partial charge >= 0.3 is 0 Å². The highest BCUT2D eigenvalue weighted by atomic mass is 79.9. The van der Waals surface area contributed by atoms with Crippen LogP contribution in [-0.4, -0.2) is 11.9 Å². The number of carbonyl (C=O) groups is 1. The third-order valence-electron chi connectivity index (χ3n) is 2.09. The maximum absolute atomic E-state index is 11.5. The number of carbonyl (C=O) groups excluding carboxylic acids is 1. The smallest absolute Gasteiger partial charge is 0.237 e. The van der Waals surface area contributed by atoms with Crippen LogP contribution < -0.4 is 11.1 Å².